The van der Waals surface area contributed by atoms with Crippen molar-refractivity contribution in [3.63, 3.8) is 0 Å². The maximum atomic E-state index is 10.1. The number of nitrogen functional groups attached to an aromatic ring is 1. The van der Waals surface area contributed by atoms with Gasteiger partial charge in [0.05, 0.1) is 11.2 Å². The second-order valence-corrected chi connectivity index (χ2v) is 8.88. The van der Waals surface area contributed by atoms with Gasteiger partial charge in [0.25, 0.3) is 0 Å². The van der Waals surface area contributed by atoms with Crippen LogP contribution in [-0.4, -0.2) is 26.7 Å². The first-order chi connectivity index (χ1) is 11.2. The van der Waals surface area contributed by atoms with Crippen molar-refractivity contribution in [1.82, 2.24) is 15.1 Å². The molecule has 0 aromatic carbocycles. The molecule has 134 valence electrons. The van der Waals surface area contributed by atoms with Crippen molar-refractivity contribution >= 4 is 5.82 Å². The van der Waals surface area contributed by atoms with Crippen molar-refractivity contribution in [2.24, 2.45) is 5.92 Å². The summed E-state index contributed by atoms with van der Waals surface area (Å²) in [6.07, 6.45) is 9.23. The Bertz CT molecular complexity index is 609. The lowest BCUT2D eigenvalue weighted by Crippen LogP contribution is -2.36. The molecule has 0 radical (unpaired) electrons. The number of aromatic nitrogens is 2. The molecule has 24 heavy (non-hydrogen) atoms. The average molecular weight is 332 g/mol. The number of anilines is 1. The van der Waals surface area contributed by atoms with Crippen LogP contribution in [0.15, 0.2) is 18.2 Å². The van der Waals surface area contributed by atoms with Crippen LogP contribution in [0.25, 0.3) is 0 Å². The van der Waals surface area contributed by atoms with Crippen molar-refractivity contribution in [1.29, 1.82) is 0 Å². The van der Waals surface area contributed by atoms with Crippen LogP contribution in [0, 0.1) is 5.92 Å². The second kappa shape index (κ2) is 6.19. The van der Waals surface area contributed by atoms with Crippen LogP contribution in [-0.2, 0) is 5.54 Å². The Morgan fingerprint density at radius 2 is 2.12 bits per heavy atom. The lowest BCUT2D eigenvalue weighted by molar-refractivity contribution is 0.165. The van der Waals surface area contributed by atoms with Crippen LogP contribution < -0.4 is 11.1 Å². The van der Waals surface area contributed by atoms with Gasteiger partial charge in [-0.25, -0.2) is 4.68 Å². The fourth-order valence-corrected chi connectivity index (χ4v) is 3.61. The van der Waals surface area contributed by atoms with E-state index >= 15 is 0 Å². The highest BCUT2D eigenvalue weighted by atomic mass is 16.3. The molecule has 4 N–H and O–H groups in total. The Labute approximate surface area is 145 Å². The van der Waals surface area contributed by atoms with Crippen molar-refractivity contribution in [2.45, 2.75) is 83.0 Å². The Hall–Kier alpha value is -1.33. The van der Waals surface area contributed by atoms with Gasteiger partial charge in [0.2, 0.25) is 0 Å². The molecule has 5 nitrogen and oxygen atoms in total. The van der Waals surface area contributed by atoms with E-state index in [9.17, 15) is 5.11 Å². The minimum absolute atomic E-state index is 0.0884. The number of rotatable bonds is 5. The maximum absolute atomic E-state index is 10.1. The molecule has 2 aliphatic rings. The van der Waals surface area contributed by atoms with Gasteiger partial charge < -0.3 is 10.8 Å². The number of aliphatic hydroxyl groups is 1. The first-order valence-electron chi connectivity index (χ1n) is 9.16. The number of hydrogen-bond acceptors (Lipinski definition) is 4. The standard InChI is InChI=1S/C19H32N4O/c1-18(2,3)23-16(20)12-15(22-23)14-7-5-13(11-14)6-8-17(24)21-19(4)9-10-19/h6,8,12-14,17,21,24H,5,7,9-11,20H2,1-4H3/b8-6+/t13-,14-,17?/m0/s1. The Morgan fingerprint density at radius 3 is 2.71 bits per heavy atom. The topological polar surface area (TPSA) is 76.1 Å². The van der Waals surface area contributed by atoms with Gasteiger partial charge in [0.1, 0.15) is 12.0 Å². The predicted molar refractivity (Wildman–Crippen MR) is 97.6 cm³/mol. The van der Waals surface area contributed by atoms with E-state index in [1.165, 1.54) is 0 Å². The number of nitrogens with zero attached hydrogens (tertiary/aromatic N) is 2. The highest BCUT2D eigenvalue weighted by Gasteiger charge is 2.38. The summed E-state index contributed by atoms with van der Waals surface area (Å²) in [7, 11) is 0. The normalized spacial score (nSPS) is 27.7. The van der Waals surface area contributed by atoms with Crippen LogP contribution in [0.3, 0.4) is 0 Å². The number of nitrogens with one attached hydrogen (secondary N) is 1. The number of hydrogen-bond donors (Lipinski definition) is 3. The fraction of sp³-hybridized carbons (Fsp3) is 0.737. The van der Waals surface area contributed by atoms with E-state index in [0.717, 1.165) is 43.6 Å². The first-order valence-corrected chi connectivity index (χ1v) is 9.16. The summed E-state index contributed by atoms with van der Waals surface area (Å²) in [5.74, 6) is 1.73. The van der Waals surface area contributed by atoms with Gasteiger partial charge in [-0.1, -0.05) is 6.08 Å². The minimum atomic E-state index is -0.535. The van der Waals surface area contributed by atoms with Gasteiger partial charge in [0.15, 0.2) is 0 Å². The van der Waals surface area contributed by atoms with E-state index in [4.69, 9.17) is 10.8 Å². The van der Waals surface area contributed by atoms with Crippen LogP contribution in [0.2, 0.25) is 0 Å². The SMILES string of the molecule is CC1(NC(O)/C=C/[C@@H]2CC[C@H](c3cc(N)n(C(C)(C)C)n3)C2)CC1. The summed E-state index contributed by atoms with van der Waals surface area (Å²) in [4.78, 5) is 0. The molecule has 0 saturated heterocycles. The molecule has 0 amide bonds. The molecule has 1 aromatic rings. The molecule has 3 atom stereocenters. The smallest absolute Gasteiger partial charge is 0.124 e. The van der Waals surface area contributed by atoms with Gasteiger partial charge in [-0.3, -0.25) is 5.32 Å². The molecule has 0 bridgehead atoms. The van der Waals surface area contributed by atoms with Crippen LogP contribution in [0.5, 0.6) is 0 Å². The van der Waals surface area contributed by atoms with E-state index < -0.39 is 6.23 Å². The fourth-order valence-electron chi connectivity index (χ4n) is 3.61. The van der Waals surface area contributed by atoms with Gasteiger partial charge >= 0.3 is 0 Å². The summed E-state index contributed by atoms with van der Waals surface area (Å²) >= 11 is 0. The Balaban J connectivity index is 1.57. The number of aliphatic hydroxyl groups excluding tert-OH is 1. The molecular weight excluding hydrogens is 300 g/mol. The molecule has 1 aromatic heterocycles. The third kappa shape index (κ3) is 4.01. The molecule has 1 heterocycles. The third-order valence-corrected chi connectivity index (χ3v) is 5.34. The van der Waals surface area contributed by atoms with E-state index in [2.05, 4.69) is 39.1 Å². The minimum Gasteiger partial charge on any atom is -0.384 e. The van der Waals surface area contributed by atoms with E-state index in [1.54, 1.807) is 0 Å². The lowest BCUT2D eigenvalue weighted by atomic mass is 10.0. The molecule has 2 aliphatic carbocycles. The van der Waals surface area contributed by atoms with Crippen molar-refractivity contribution < 1.29 is 5.11 Å². The predicted octanol–water partition coefficient (Wildman–Crippen LogP) is 3.12. The Kier molecular flexibility index (Phi) is 4.51. The number of nitrogens with two attached hydrogens (primary N) is 1. The quantitative estimate of drug-likeness (QED) is 0.572. The zero-order valence-corrected chi connectivity index (χ0v) is 15.4. The van der Waals surface area contributed by atoms with E-state index in [0.29, 0.717) is 11.8 Å². The van der Waals surface area contributed by atoms with Gasteiger partial charge in [-0.15, -0.1) is 0 Å². The summed E-state index contributed by atoms with van der Waals surface area (Å²) in [5, 5.41) is 18.1. The largest absolute Gasteiger partial charge is 0.384 e. The molecule has 0 spiro atoms. The van der Waals surface area contributed by atoms with Crippen molar-refractivity contribution in [3.8, 4) is 0 Å². The maximum Gasteiger partial charge on any atom is 0.124 e. The third-order valence-electron chi connectivity index (χ3n) is 5.34. The van der Waals surface area contributed by atoms with Crippen molar-refractivity contribution in [2.75, 3.05) is 5.73 Å². The molecule has 2 saturated carbocycles. The molecule has 2 fully saturated rings. The summed E-state index contributed by atoms with van der Waals surface area (Å²) < 4.78 is 1.93. The lowest BCUT2D eigenvalue weighted by Gasteiger charge is -2.20. The Morgan fingerprint density at radius 1 is 1.42 bits per heavy atom. The number of allylic oxidation sites excluding steroid dienone is 1. The zero-order valence-electron chi connectivity index (χ0n) is 15.4. The van der Waals surface area contributed by atoms with Crippen LogP contribution in [0.4, 0.5) is 5.82 Å². The highest BCUT2D eigenvalue weighted by molar-refractivity contribution is 5.34. The average Bonchev–Trinajstić information content (AvgIpc) is 2.91. The molecular formula is C19H32N4O. The monoisotopic (exact) mass is 332 g/mol. The van der Waals surface area contributed by atoms with Crippen LogP contribution in [0.1, 0.15) is 71.4 Å². The molecule has 0 aliphatic heterocycles. The second-order valence-electron chi connectivity index (χ2n) is 8.88. The molecule has 3 rings (SSSR count). The summed E-state index contributed by atoms with van der Waals surface area (Å²) in [5.41, 5.74) is 7.32. The van der Waals surface area contributed by atoms with Gasteiger partial charge in [0, 0.05) is 17.5 Å². The van der Waals surface area contributed by atoms with Gasteiger partial charge in [-0.05, 0) is 71.8 Å². The summed E-state index contributed by atoms with van der Waals surface area (Å²) in [6, 6.07) is 2.03. The zero-order chi connectivity index (χ0) is 17.5. The summed E-state index contributed by atoms with van der Waals surface area (Å²) in [6.45, 7) is 8.52. The highest BCUT2D eigenvalue weighted by Crippen LogP contribution is 2.39. The molecule has 5 heteroatoms. The van der Waals surface area contributed by atoms with E-state index in [1.807, 2.05) is 16.8 Å². The van der Waals surface area contributed by atoms with E-state index in [-0.39, 0.29) is 11.1 Å². The van der Waals surface area contributed by atoms with Crippen LogP contribution >= 0.6 is 0 Å². The molecule has 1 unspecified atom stereocenters. The van der Waals surface area contributed by atoms with Crippen molar-refractivity contribution in [3.05, 3.63) is 23.9 Å². The first kappa shape index (κ1) is 17.5. The van der Waals surface area contributed by atoms with Gasteiger partial charge in [-0.2, -0.15) is 5.10 Å².